The van der Waals surface area contributed by atoms with E-state index in [1.54, 1.807) is 0 Å². The maximum atomic E-state index is 12.6. The molecule has 2 aromatic rings. The second-order valence-corrected chi connectivity index (χ2v) is 8.18. The number of hydrogen-bond donors (Lipinski definition) is 1. The molecule has 1 aromatic carbocycles. The number of benzene rings is 1. The molecule has 1 aliphatic heterocycles. The average molecular weight is 537 g/mol. The third kappa shape index (κ3) is 8.42. The van der Waals surface area contributed by atoms with Crippen LogP contribution in [0.5, 0.6) is 0 Å². The van der Waals surface area contributed by atoms with Crippen molar-refractivity contribution in [3.8, 4) is 37.0 Å². The number of terminal acetylenes is 3. The lowest BCUT2D eigenvalue weighted by molar-refractivity contribution is -0.278. The van der Waals surface area contributed by atoms with Crippen molar-refractivity contribution in [2.24, 2.45) is 0 Å². The van der Waals surface area contributed by atoms with Gasteiger partial charge in [0.05, 0.1) is 6.61 Å². The lowest BCUT2D eigenvalue weighted by Crippen LogP contribution is -2.60. The number of rotatable bonds is 13. The van der Waals surface area contributed by atoms with Crippen LogP contribution in [0.3, 0.4) is 0 Å². The third-order valence-corrected chi connectivity index (χ3v) is 5.56. The zero-order valence-electron chi connectivity index (χ0n) is 21.0. The molecule has 1 aliphatic rings. The highest BCUT2D eigenvalue weighted by Gasteiger charge is 2.49. The van der Waals surface area contributed by atoms with Gasteiger partial charge in [0.2, 0.25) is 0 Å². The Labute approximate surface area is 225 Å². The Balaban J connectivity index is 1.82. The van der Waals surface area contributed by atoms with Crippen LogP contribution in [0.2, 0.25) is 0 Å². The van der Waals surface area contributed by atoms with Crippen LogP contribution in [-0.4, -0.2) is 73.0 Å². The normalized spacial score (nSPS) is 22.2. The number of esters is 1. The molecule has 204 valence electrons. The van der Waals surface area contributed by atoms with Crippen molar-refractivity contribution in [3.63, 3.8) is 0 Å². The number of nitrogens with one attached hydrogen (secondary N) is 1. The Morgan fingerprint density at radius 1 is 0.923 bits per heavy atom. The summed E-state index contributed by atoms with van der Waals surface area (Å²) in [5.74, 6) is 6.52. The molecular formula is C28H28N2O9. The molecule has 1 saturated heterocycles. The Morgan fingerprint density at radius 3 is 2.21 bits per heavy atom. The molecule has 0 saturated carbocycles. The van der Waals surface area contributed by atoms with Gasteiger partial charge in [-0.3, -0.25) is 14.3 Å². The molecule has 39 heavy (non-hydrogen) atoms. The van der Waals surface area contributed by atoms with Crippen LogP contribution in [-0.2, 0) is 39.8 Å². The molecule has 0 amide bonds. The van der Waals surface area contributed by atoms with Crippen LogP contribution in [0.1, 0.15) is 11.8 Å². The fourth-order valence-corrected chi connectivity index (χ4v) is 3.92. The van der Waals surface area contributed by atoms with E-state index in [-0.39, 0.29) is 39.6 Å². The zero-order chi connectivity index (χ0) is 28.0. The van der Waals surface area contributed by atoms with Gasteiger partial charge in [-0.2, -0.15) is 0 Å². The van der Waals surface area contributed by atoms with E-state index in [1.165, 1.54) is 6.20 Å². The highest BCUT2D eigenvalue weighted by molar-refractivity contribution is 5.70. The second kappa shape index (κ2) is 15.3. The van der Waals surface area contributed by atoms with E-state index in [0.29, 0.717) is 0 Å². The first-order chi connectivity index (χ1) is 19.0. The summed E-state index contributed by atoms with van der Waals surface area (Å²) in [7, 11) is 0. The van der Waals surface area contributed by atoms with E-state index >= 15 is 0 Å². The van der Waals surface area contributed by atoms with Crippen molar-refractivity contribution in [2.45, 2.75) is 37.3 Å². The first-order valence-corrected chi connectivity index (χ1v) is 11.9. The maximum Gasteiger partial charge on any atom is 0.332 e. The second-order valence-electron chi connectivity index (χ2n) is 8.18. The molecule has 2 heterocycles. The minimum atomic E-state index is -1.14. The molecule has 11 heteroatoms. The number of nitrogens with zero attached hydrogens (tertiary/aromatic N) is 1. The first kappa shape index (κ1) is 29.4. The van der Waals surface area contributed by atoms with E-state index in [0.717, 1.165) is 16.2 Å². The largest absolute Gasteiger partial charge is 0.459 e. The number of H-pyrrole nitrogens is 1. The van der Waals surface area contributed by atoms with Crippen LogP contribution in [0.25, 0.3) is 0 Å². The van der Waals surface area contributed by atoms with Gasteiger partial charge in [0.25, 0.3) is 5.56 Å². The van der Waals surface area contributed by atoms with E-state index in [9.17, 15) is 14.4 Å². The number of ether oxygens (including phenoxy) is 6. The molecule has 3 rings (SSSR count). The molecular weight excluding hydrogens is 508 g/mol. The summed E-state index contributed by atoms with van der Waals surface area (Å²) in [6.45, 7) is -0.889. The molecule has 0 spiro atoms. The third-order valence-electron chi connectivity index (χ3n) is 5.56. The molecule has 1 aromatic heterocycles. The summed E-state index contributed by atoms with van der Waals surface area (Å²) >= 11 is 0. The number of aromatic nitrogens is 2. The smallest absolute Gasteiger partial charge is 0.332 e. The van der Waals surface area contributed by atoms with Crippen LogP contribution < -0.4 is 11.2 Å². The molecule has 0 radical (unpaired) electrons. The zero-order valence-corrected chi connectivity index (χ0v) is 21.0. The van der Waals surface area contributed by atoms with E-state index in [1.807, 2.05) is 30.3 Å². The van der Waals surface area contributed by atoms with Crippen molar-refractivity contribution >= 4 is 5.97 Å². The molecule has 1 fully saturated rings. The Morgan fingerprint density at radius 2 is 1.56 bits per heavy atom. The van der Waals surface area contributed by atoms with Crippen LogP contribution in [0.4, 0.5) is 0 Å². The molecule has 0 bridgehead atoms. The Bertz CT molecular complexity index is 1320. The minimum absolute atomic E-state index is 0.0876. The first-order valence-electron chi connectivity index (χ1n) is 11.9. The van der Waals surface area contributed by atoms with E-state index < -0.39 is 47.9 Å². The Kier molecular flexibility index (Phi) is 11.5. The van der Waals surface area contributed by atoms with Gasteiger partial charge in [-0.15, -0.1) is 19.3 Å². The summed E-state index contributed by atoms with van der Waals surface area (Å²) in [5, 5.41) is 0. The molecule has 11 nitrogen and oxygen atoms in total. The van der Waals surface area contributed by atoms with E-state index in [2.05, 4.69) is 22.7 Å². The average Bonchev–Trinajstić information content (AvgIpc) is 2.94. The predicted molar refractivity (Wildman–Crippen MR) is 138 cm³/mol. The quantitative estimate of drug-likeness (QED) is 0.283. The summed E-state index contributed by atoms with van der Waals surface area (Å²) in [4.78, 5) is 38.7. The van der Waals surface area contributed by atoms with Gasteiger partial charge >= 0.3 is 11.7 Å². The predicted octanol–water partition coefficient (Wildman–Crippen LogP) is 0.249. The molecule has 0 aliphatic carbocycles. The van der Waals surface area contributed by atoms with Gasteiger partial charge in [0, 0.05) is 12.3 Å². The van der Waals surface area contributed by atoms with Crippen LogP contribution in [0.15, 0.2) is 52.2 Å². The van der Waals surface area contributed by atoms with Gasteiger partial charge in [-0.1, -0.05) is 48.1 Å². The molecule has 5 atom stereocenters. The lowest BCUT2D eigenvalue weighted by atomic mass is 9.97. The molecule has 1 N–H and O–H groups in total. The number of carbonyl (C=O) groups excluding carboxylic acids is 1. The highest BCUT2D eigenvalue weighted by atomic mass is 16.6. The topological polar surface area (TPSA) is 127 Å². The number of hydrogen-bond acceptors (Lipinski definition) is 9. The van der Waals surface area contributed by atoms with Crippen molar-refractivity contribution in [1.82, 2.24) is 9.55 Å². The summed E-state index contributed by atoms with van der Waals surface area (Å²) in [6.07, 6.45) is 12.6. The summed E-state index contributed by atoms with van der Waals surface area (Å²) in [6, 6.07) is 10.3. The monoisotopic (exact) mass is 536 g/mol. The minimum Gasteiger partial charge on any atom is -0.459 e. The van der Waals surface area contributed by atoms with Gasteiger partial charge in [0.15, 0.2) is 6.23 Å². The fourth-order valence-electron chi connectivity index (χ4n) is 3.92. The van der Waals surface area contributed by atoms with E-state index in [4.69, 9.17) is 47.7 Å². The number of carbonyl (C=O) groups is 1. The van der Waals surface area contributed by atoms with Gasteiger partial charge in [-0.05, 0) is 5.56 Å². The van der Waals surface area contributed by atoms with Crippen molar-refractivity contribution in [2.75, 3.05) is 33.0 Å². The maximum absolute atomic E-state index is 12.6. The van der Waals surface area contributed by atoms with Crippen molar-refractivity contribution < 1.29 is 33.2 Å². The van der Waals surface area contributed by atoms with Gasteiger partial charge in [0.1, 0.15) is 57.5 Å². The summed E-state index contributed by atoms with van der Waals surface area (Å²) in [5.41, 5.74) is -0.535. The SMILES string of the molecule is C#CCOC1[C@@H](OCC#C)[C@H](OCC#C)C(COCC(=O)OCc2ccccc2)O[C@H]1n1ccc(=O)[nH]c1=O. The lowest BCUT2D eigenvalue weighted by Gasteiger charge is -2.45. The van der Waals surface area contributed by atoms with Crippen molar-refractivity contribution in [3.05, 3.63) is 69.0 Å². The fraction of sp³-hybridized carbons (Fsp3) is 0.393. The highest BCUT2D eigenvalue weighted by Crippen LogP contribution is 2.33. The van der Waals surface area contributed by atoms with Crippen molar-refractivity contribution in [1.29, 1.82) is 0 Å². The van der Waals surface area contributed by atoms with Crippen LogP contribution >= 0.6 is 0 Å². The molecule has 2 unspecified atom stereocenters. The van der Waals surface area contributed by atoms with Gasteiger partial charge in [-0.25, -0.2) is 9.59 Å². The van der Waals surface area contributed by atoms with Crippen LogP contribution in [0, 0.1) is 37.0 Å². The van der Waals surface area contributed by atoms with Gasteiger partial charge < -0.3 is 28.4 Å². The summed E-state index contributed by atoms with van der Waals surface area (Å²) < 4.78 is 35.6. The Hall–Kier alpha value is -4.15. The number of aromatic amines is 1. The standard InChI is InChI=1S/C28H28N2O9/c1-4-14-35-24-21(18-34-19-23(32)38-17-20-10-8-7-9-11-20)39-27(30-13-12-22(31)29-28(30)33)26(37-16-6-3)25(24)36-15-5-2/h1-3,7-13,21,24-27H,14-19H2,(H,29,31,33)/t21?,24-,25+,26?,27-/m1/s1.